The average Bonchev–Trinajstić information content (AvgIpc) is 2.05. The summed E-state index contributed by atoms with van der Waals surface area (Å²) in [7, 11) is 0. The molecule has 1 atom stereocenters. The van der Waals surface area contributed by atoms with Gasteiger partial charge < -0.3 is 5.11 Å². The largest absolute Gasteiger partial charge is 0.371 e. The number of aliphatic hydroxyl groups excluding tert-OH is 1. The van der Waals surface area contributed by atoms with E-state index >= 15 is 0 Å². The molecular formula is C8H7ClO2. The predicted molar refractivity (Wildman–Crippen MR) is 42.6 cm³/mol. The second-order valence-corrected chi connectivity index (χ2v) is 2.48. The van der Waals surface area contributed by atoms with E-state index in [2.05, 4.69) is 0 Å². The van der Waals surface area contributed by atoms with Crippen LogP contribution in [0.25, 0.3) is 0 Å². The van der Waals surface area contributed by atoms with E-state index in [1.54, 1.807) is 30.3 Å². The van der Waals surface area contributed by atoms with Crippen LogP contribution in [0.3, 0.4) is 0 Å². The molecule has 0 aromatic heterocycles. The molecule has 1 rings (SSSR count). The number of ketones is 1. The highest BCUT2D eigenvalue weighted by Gasteiger charge is 2.12. The summed E-state index contributed by atoms with van der Waals surface area (Å²) in [6.07, 6.45) is 0. The summed E-state index contributed by atoms with van der Waals surface area (Å²) in [6.45, 7) is 0. The van der Waals surface area contributed by atoms with E-state index in [0.29, 0.717) is 5.56 Å². The number of aliphatic hydroxyl groups is 1. The van der Waals surface area contributed by atoms with Gasteiger partial charge >= 0.3 is 0 Å². The quantitative estimate of drug-likeness (QED) is 0.539. The van der Waals surface area contributed by atoms with E-state index in [0.717, 1.165) is 0 Å². The van der Waals surface area contributed by atoms with E-state index in [4.69, 9.17) is 16.7 Å². The van der Waals surface area contributed by atoms with E-state index in [9.17, 15) is 4.79 Å². The van der Waals surface area contributed by atoms with Gasteiger partial charge in [0.25, 0.3) is 0 Å². The van der Waals surface area contributed by atoms with Crippen LogP contribution in [0, 0.1) is 0 Å². The fraction of sp³-hybridized carbons (Fsp3) is 0.125. The lowest BCUT2D eigenvalue weighted by Gasteiger charge is -1.99. The number of halogens is 1. The normalized spacial score (nSPS) is 12.5. The van der Waals surface area contributed by atoms with Crippen LogP contribution in [-0.2, 0) is 0 Å². The Morgan fingerprint density at radius 2 is 1.91 bits per heavy atom. The Balaban J connectivity index is 2.86. The maximum atomic E-state index is 11.0. The Hall–Kier alpha value is -0.860. The molecule has 1 aromatic carbocycles. The maximum absolute atomic E-state index is 11.0. The second-order valence-electron chi connectivity index (χ2n) is 2.07. The predicted octanol–water partition coefficient (Wildman–Crippen LogP) is 1.43. The van der Waals surface area contributed by atoms with Gasteiger partial charge in [-0.15, -0.1) is 0 Å². The van der Waals surface area contributed by atoms with Crippen LogP contribution in [0.5, 0.6) is 0 Å². The fourth-order valence-corrected chi connectivity index (χ4v) is 0.866. The molecule has 0 fully saturated rings. The number of hydrogen-bond acceptors (Lipinski definition) is 2. The van der Waals surface area contributed by atoms with E-state index in [-0.39, 0.29) is 0 Å². The summed E-state index contributed by atoms with van der Waals surface area (Å²) in [6, 6.07) is 8.43. The minimum atomic E-state index is -1.43. The molecule has 0 saturated heterocycles. The molecule has 1 aromatic rings. The molecule has 0 saturated carbocycles. The van der Waals surface area contributed by atoms with Crippen molar-refractivity contribution in [3.05, 3.63) is 35.9 Å². The van der Waals surface area contributed by atoms with Crippen LogP contribution in [0.1, 0.15) is 10.4 Å². The molecule has 0 amide bonds. The van der Waals surface area contributed by atoms with Gasteiger partial charge in [0.1, 0.15) is 0 Å². The first kappa shape index (κ1) is 8.24. The van der Waals surface area contributed by atoms with Crippen LogP contribution in [0.15, 0.2) is 30.3 Å². The van der Waals surface area contributed by atoms with Gasteiger partial charge in [-0.05, 0) is 0 Å². The molecule has 0 aliphatic rings. The van der Waals surface area contributed by atoms with Crippen LogP contribution < -0.4 is 0 Å². The molecule has 58 valence electrons. The smallest absolute Gasteiger partial charge is 0.206 e. The van der Waals surface area contributed by atoms with Crippen molar-refractivity contribution in [1.29, 1.82) is 0 Å². The number of carbonyl (C=O) groups is 1. The summed E-state index contributed by atoms with van der Waals surface area (Å²) in [5, 5.41) is 8.69. The second kappa shape index (κ2) is 3.51. The zero-order valence-corrected chi connectivity index (χ0v) is 6.45. The molecule has 3 heteroatoms. The number of carbonyl (C=O) groups excluding carboxylic acids is 1. The minimum absolute atomic E-state index is 0.426. The zero-order valence-electron chi connectivity index (χ0n) is 5.70. The van der Waals surface area contributed by atoms with E-state index in [1.165, 1.54) is 0 Å². The lowest BCUT2D eigenvalue weighted by atomic mass is 10.1. The number of rotatable bonds is 2. The van der Waals surface area contributed by atoms with Crippen molar-refractivity contribution < 1.29 is 9.90 Å². The first-order valence-corrected chi connectivity index (χ1v) is 3.57. The minimum Gasteiger partial charge on any atom is -0.371 e. The summed E-state index contributed by atoms with van der Waals surface area (Å²) in [4.78, 5) is 11.0. The molecule has 0 bridgehead atoms. The maximum Gasteiger partial charge on any atom is 0.206 e. The van der Waals surface area contributed by atoms with Crippen molar-refractivity contribution >= 4 is 17.4 Å². The van der Waals surface area contributed by atoms with E-state index < -0.39 is 11.3 Å². The van der Waals surface area contributed by atoms with Gasteiger partial charge in [-0.1, -0.05) is 41.9 Å². The SMILES string of the molecule is O=C(c1ccccc1)C(O)Cl. The summed E-state index contributed by atoms with van der Waals surface area (Å²) in [5.41, 5.74) is -1.01. The van der Waals surface area contributed by atoms with Gasteiger partial charge in [-0.2, -0.15) is 0 Å². The van der Waals surface area contributed by atoms with Crippen molar-refractivity contribution in [2.24, 2.45) is 0 Å². The molecule has 2 nitrogen and oxygen atoms in total. The van der Waals surface area contributed by atoms with Crippen LogP contribution in [0.4, 0.5) is 0 Å². The van der Waals surface area contributed by atoms with Gasteiger partial charge in [0.2, 0.25) is 5.78 Å². The highest BCUT2D eigenvalue weighted by molar-refractivity contribution is 6.32. The lowest BCUT2D eigenvalue weighted by molar-refractivity contribution is 0.0860. The Morgan fingerprint density at radius 3 is 2.36 bits per heavy atom. The lowest BCUT2D eigenvalue weighted by Crippen LogP contribution is -2.12. The molecule has 0 spiro atoms. The Labute approximate surface area is 69.4 Å². The van der Waals surface area contributed by atoms with Crippen LogP contribution in [-0.4, -0.2) is 16.5 Å². The molecule has 11 heavy (non-hydrogen) atoms. The molecular weight excluding hydrogens is 164 g/mol. The summed E-state index contributed by atoms with van der Waals surface area (Å²) in [5.74, 6) is -0.465. The first-order chi connectivity index (χ1) is 5.22. The average molecular weight is 171 g/mol. The van der Waals surface area contributed by atoms with Crippen molar-refractivity contribution in [3.63, 3.8) is 0 Å². The Morgan fingerprint density at radius 1 is 1.36 bits per heavy atom. The molecule has 0 aliphatic heterocycles. The van der Waals surface area contributed by atoms with Crippen LogP contribution >= 0.6 is 11.6 Å². The third-order valence-electron chi connectivity index (χ3n) is 1.27. The molecule has 1 unspecified atom stereocenters. The molecule has 0 heterocycles. The Kier molecular flexibility index (Phi) is 2.63. The number of alkyl halides is 1. The topological polar surface area (TPSA) is 37.3 Å². The van der Waals surface area contributed by atoms with Gasteiger partial charge in [0.15, 0.2) is 5.56 Å². The summed E-state index contributed by atoms with van der Waals surface area (Å²) < 4.78 is 0. The van der Waals surface area contributed by atoms with Gasteiger partial charge in [0.05, 0.1) is 0 Å². The third-order valence-corrected chi connectivity index (χ3v) is 1.47. The Bertz CT molecular complexity index is 244. The van der Waals surface area contributed by atoms with E-state index in [1.807, 2.05) is 0 Å². The van der Waals surface area contributed by atoms with Gasteiger partial charge in [0, 0.05) is 5.56 Å². The zero-order chi connectivity index (χ0) is 8.27. The van der Waals surface area contributed by atoms with Crippen molar-refractivity contribution in [3.8, 4) is 0 Å². The summed E-state index contributed by atoms with van der Waals surface area (Å²) >= 11 is 5.17. The molecule has 1 N–H and O–H groups in total. The van der Waals surface area contributed by atoms with Crippen LogP contribution in [0.2, 0.25) is 0 Å². The van der Waals surface area contributed by atoms with Crippen molar-refractivity contribution in [1.82, 2.24) is 0 Å². The first-order valence-electron chi connectivity index (χ1n) is 3.13. The molecule has 0 radical (unpaired) electrons. The number of Topliss-reactive ketones (excluding diaryl/α,β-unsaturated/α-hetero) is 1. The van der Waals surface area contributed by atoms with Gasteiger partial charge in [-0.3, -0.25) is 4.79 Å². The fourth-order valence-electron chi connectivity index (χ4n) is 0.740. The number of benzene rings is 1. The van der Waals surface area contributed by atoms with Crippen molar-refractivity contribution in [2.45, 2.75) is 5.56 Å². The molecule has 0 aliphatic carbocycles. The standard InChI is InChI=1S/C8H7ClO2/c9-8(11)7(10)6-4-2-1-3-5-6/h1-5,8,11H. The number of hydrogen-bond donors (Lipinski definition) is 1. The highest BCUT2D eigenvalue weighted by Crippen LogP contribution is 2.05. The van der Waals surface area contributed by atoms with Crippen molar-refractivity contribution in [2.75, 3.05) is 0 Å². The highest BCUT2D eigenvalue weighted by atomic mass is 35.5. The van der Waals surface area contributed by atoms with Gasteiger partial charge in [-0.25, -0.2) is 0 Å². The monoisotopic (exact) mass is 170 g/mol. The third kappa shape index (κ3) is 2.03.